The lowest BCUT2D eigenvalue weighted by atomic mass is 9.75. The minimum atomic E-state index is -1.40. The van der Waals surface area contributed by atoms with Crippen molar-refractivity contribution in [1.29, 1.82) is 0 Å². The summed E-state index contributed by atoms with van der Waals surface area (Å²) in [6, 6.07) is 0. The molecule has 20 heavy (non-hydrogen) atoms. The molecule has 1 aliphatic carbocycles. The molecular formula is C16H22O4. The first-order valence-electron chi connectivity index (χ1n) is 6.64. The lowest BCUT2D eigenvalue weighted by Gasteiger charge is -2.27. The van der Waals surface area contributed by atoms with E-state index in [1.165, 1.54) is 0 Å². The fourth-order valence-electron chi connectivity index (χ4n) is 2.29. The topological polar surface area (TPSA) is 74.6 Å². The summed E-state index contributed by atoms with van der Waals surface area (Å²) in [6.07, 6.45) is 3.35. The zero-order valence-corrected chi connectivity index (χ0v) is 12.4. The molecule has 0 radical (unpaired) electrons. The van der Waals surface area contributed by atoms with Crippen molar-refractivity contribution < 1.29 is 19.8 Å². The van der Waals surface area contributed by atoms with Gasteiger partial charge in [-0.25, -0.2) is 0 Å². The maximum Gasteiger partial charge on any atom is 0.199 e. The molecule has 1 atom stereocenters. The molecule has 0 aromatic heterocycles. The van der Waals surface area contributed by atoms with Crippen molar-refractivity contribution in [2.75, 3.05) is 0 Å². The van der Waals surface area contributed by atoms with Gasteiger partial charge in [-0.2, -0.15) is 0 Å². The molecule has 1 fully saturated rings. The monoisotopic (exact) mass is 278 g/mol. The predicted molar refractivity (Wildman–Crippen MR) is 77.3 cm³/mol. The number of carbonyl (C=O) groups is 2. The molecule has 1 aliphatic rings. The Bertz CT molecular complexity index is 481. The van der Waals surface area contributed by atoms with Crippen molar-refractivity contribution in [3.63, 3.8) is 0 Å². The first kappa shape index (κ1) is 16.4. The van der Waals surface area contributed by atoms with Crippen LogP contribution in [-0.2, 0) is 9.59 Å². The van der Waals surface area contributed by atoms with Crippen LogP contribution in [0.25, 0.3) is 0 Å². The average Bonchev–Trinajstić information content (AvgIpc) is 2.55. The Morgan fingerprint density at radius 2 is 1.55 bits per heavy atom. The van der Waals surface area contributed by atoms with Gasteiger partial charge in [-0.05, 0) is 40.5 Å². The molecule has 0 spiro atoms. The summed E-state index contributed by atoms with van der Waals surface area (Å²) in [7, 11) is 0. The van der Waals surface area contributed by atoms with Crippen LogP contribution >= 0.6 is 0 Å². The highest BCUT2D eigenvalue weighted by Crippen LogP contribution is 2.43. The molecule has 1 unspecified atom stereocenters. The van der Waals surface area contributed by atoms with E-state index in [9.17, 15) is 14.7 Å². The van der Waals surface area contributed by atoms with E-state index < -0.39 is 23.1 Å². The van der Waals surface area contributed by atoms with Crippen LogP contribution in [0.2, 0.25) is 0 Å². The van der Waals surface area contributed by atoms with Crippen LogP contribution in [0.4, 0.5) is 0 Å². The van der Waals surface area contributed by atoms with Gasteiger partial charge in [-0.1, -0.05) is 23.3 Å². The maximum atomic E-state index is 12.4. The number of aliphatic hydroxyl groups is 2. The summed E-state index contributed by atoms with van der Waals surface area (Å²) in [5.41, 5.74) is 0.521. The van der Waals surface area contributed by atoms with Gasteiger partial charge in [-0.15, -0.1) is 0 Å². The molecule has 0 aliphatic heterocycles. The van der Waals surface area contributed by atoms with E-state index in [1.807, 2.05) is 39.8 Å². The highest BCUT2D eigenvalue weighted by atomic mass is 16.3. The summed E-state index contributed by atoms with van der Waals surface area (Å²) in [5.74, 6) is -1.17. The second kappa shape index (κ2) is 6.18. The zero-order valence-electron chi connectivity index (χ0n) is 12.4. The largest absolute Gasteiger partial charge is 0.515 e. The normalized spacial score (nSPS) is 23.1. The van der Waals surface area contributed by atoms with E-state index in [4.69, 9.17) is 5.11 Å². The zero-order chi connectivity index (χ0) is 15.5. The van der Waals surface area contributed by atoms with Gasteiger partial charge < -0.3 is 10.2 Å². The summed E-state index contributed by atoms with van der Waals surface area (Å²) in [4.78, 5) is 24.3. The number of hydrogen-bond acceptors (Lipinski definition) is 4. The third-order valence-corrected chi connectivity index (χ3v) is 3.61. The molecule has 1 rings (SSSR count). The molecule has 0 aromatic rings. The van der Waals surface area contributed by atoms with Gasteiger partial charge in [-0.3, -0.25) is 9.59 Å². The number of ketones is 2. The van der Waals surface area contributed by atoms with E-state index >= 15 is 0 Å². The summed E-state index contributed by atoms with van der Waals surface area (Å²) in [6.45, 7) is 7.58. The smallest absolute Gasteiger partial charge is 0.199 e. The minimum Gasteiger partial charge on any atom is -0.515 e. The van der Waals surface area contributed by atoms with Crippen LogP contribution in [0.1, 0.15) is 40.5 Å². The Hall–Kier alpha value is -1.68. The number of carbonyl (C=O) groups excluding carboxylic acids is 2. The van der Waals surface area contributed by atoms with Crippen LogP contribution in [0.3, 0.4) is 0 Å². The summed E-state index contributed by atoms with van der Waals surface area (Å²) < 4.78 is 0. The van der Waals surface area contributed by atoms with Crippen molar-refractivity contribution in [1.82, 2.24) is 0 Å². The van der Waals surface area contributed by atoms with Crippen molar-refractivity contribution in [3.8, 4) is 0 Å². The molecule has 0 bridgehead atoms. The van der Waals surface area contributed by atoms with E-state index in [2.05, 4.69) is 0 Å². The minimum absolute atomic E-state index is 0.280. The van der Waals surface area contributed by atoms with Crippen LogP contribution in [0, 0.1) is 5.41 Å². The van der Waals surface area contributed by atoms with Gasteiger partial charge in [0.1, 0.15) is 6.10 Å². The highest BCUT2D eigenvalue weighted by Gasteiger charge is 2.56. The van der Waals surface area contributed by atoms with E-state index in [-0.39, 0.29) is 18.4 Å². The predicted octanol–water partition coefficient (Wildman–Crippen LogP) is 2.64. The molecule has 0 heterocycles. The van der Waals surface area contributed by atoms with E-state index in [0.717, 1.165) is 11.1 Å². The fraction of sp³-hybridized carbons (Fsp3) is 0.500. The summed E-state index contributed by atoms with van der Waals surface area (Å²) >= 11 is 0. The van der Waals surface area contributed by atoms with Gasteiger partial charge in [0.2, 0.25) is 0 Å². The molecule has 0 aromatic carbocycles. The Balaban J connectivity index is 3.30. The second-order valence-electron chi connectivity index (χ2n) is 5.77. The first-order chi connectivity index (χ1) is 9.26. The number of hydrogen-bond donors (Lipinski definition) is 2. The Labute approximate surface area is 119 Å². The Morgan fingerprint density at radius 1 is 1.10 bits per heavy atom. The van der Waals surface area contributed by atoms with Crippen molar-refractivity contribution in [3.05, 3.63) is 35.1 Å². The van der Waals surface area contributed by atoms with Crippen LogP contribution < -0.4 is 0 Å². The number of allylic oxidation sites excluding steroid dienone is 4. The number of Topliss-reactive ketones (excluding diaryl/α,β-unsaturated/α-hetero) is 2. The van der Waals surface area contributed by atoms with Gasteiger partial charge in [0.15, 0.2) is 11.6 Å². The van der Waals surface area contributed by atoms with Crippen LogP contribution in [-0.4, -0.2) is 27.9 Å². The maximum absolute atomic E-state index is 12.4. The molecular weight excluding hydrogens is 256 g/mol. The van der Waals surface area contributed by atoms with Gasteiger partial charge in [0.05, 0.1) is 17.3 Å². The molecule has 4 heteroatoms. The Morgan fingerprint density at radius 3 is 1.85 bits per heavy atom. The first-order valence-corrected chi connectivity index (χ1v) is 6.64. The molecule has 2 N–H and O–H groups in total. The summed E-state index contributed by atoms with van der Waals surface area (Å²) in [5, 5.41) is 19.3. The van der Waals surface area contributed by atoms with Gasteiger partial charge >= 0.3 is 0 Å². The molecule has 0 amide bonds. The van der Waals surface area contributed by atoms with Crippen molar-refractivity contribution in [2.24, 2.45) is 5.41 Å². The molecule has 110 valence electrons. The molecule has 0 saturated heterocycles. The highest BCUT2D eigenvalue weighted by molar-refractivity contribution is 6.29. The second-order valence-corrected chi connectivity index (χ2v) is 5.77. The lowest BCUT2D eigenvalue weighted by Crippen LogP contribution is -2.37. The van der Waals surface area contributed by atoms with E-state index in [1.54, 1.807) is 0 Å². The SMILES string of the molecule is CC(C)=CCC1(CC=C(C)C)C(=O)C(=CO)C(=O)C1O. The standard InChI is InChI=1S/C16H22O4/c1-10(2)5-7-16(8-6-11(3)4)14(19)12(9-17)13(18)15(16)20/h5-6,9,15,17,20H,7-8H2,1-4H3. The van der Waals surface area contributed by atoms with Crippen molar-refractivity contribution >= 4 is 11.6 Å². The van der Waals surface area contributed by atoms with Crippen molar-refractivity contribution in [2.45, 2.75) is 46.6 Å². The average molecular weight is 278 g/mol. The lowest BCUT2D eigenvalue weighted by molar-refractivity contribution is -0.131. The van der Waals surface area contributed by atoms with Crippen LogP contribution in [0.5, 0.6) is 0 Å². The molecule has 4 nitrogen and oxygen atoms in total. The third-order valence-electron chi connectivity index (χ3n) is 3.61. The van der Waals surface area contributed by atoms with E-state index in [0.29, 0.717) is 6.26 Å². The molecule has 1 saturated carbocycles. The number of aliphatic hydroxyl groups excluding tert-OH is 2. The fourth-order valence-corrected chi connectivity index (χ4v) is 2.29. The quantitative estimate of drug-likeness (QED) is 0.359. The Kier molecular flexibility index (Phi) is 5.06. The number of rotatable bonds is 4. The van der Waals surface area contributed by atoms with Gasteiger partial charge in [0, 0.05) is 0 Å². The van der Waals surface area contributed by atoms with Gasteiger partial charge in [0.25, 0.3) is 0 Å². The van der Waals surface area contributed by atoms with Crippen LogP contribution in [0.15, 0.2) is 35.1 Å². The third kappa shape index (κ3) is 2.90.